The lowest BCUT2D eigenvalue weighted by Gasteiger charge is -2.10. The number of rotatable bonds is 8. The molecule has 1 nitrogen and oxygen atoms in total. The zero-order chi connectivity index (χ0) is 19.7. The zero-order valence-corrected chi connectivity index (χ0v) is 18.1. The first-order chi connectivity index (χ1) is 12.2. The van der Waals surface area contributed by atoms with E-state index in [0.717, 1.165) is 40.5 Å². The molecule has 0 fully saturated rings. The summed E-state index contributed by atoms with van der Waals surface area (Å²) in [6.45, 7) is 20.8. The van der Waals surface area contributed by atoms with Gasteiger partial charge in [0.1, 0.15) is 0 Å². The highest BCUT2D eigenvalue weighted by molar-refractivity contribution is 8.13. The molecule has 0 radical (unpaired) electrons. The predicted molar refractivity (Wildman–Crippen MR) is 121 cm³/mol. The lowest BCUT2D eigenvalue weighted by atomic mass is 9.98. The van der Waals surface area contributed by atoms with Crippen LogP contribution < -0.4 is 0 Å². The van der Waals surface area contributed by atoms with Crippen molar-refractivity contribution in [2.75, 3.05) is 5.75 Å². The molecule has 0 aliphatic rings. The highest BCUT2D eigenvalue weighted by Crippen LogP contribution is 2.20. The van der Waals surface area contributed by atoms with Crippen LogP contribution in [-0.2, 0) is 6.42 Å². The van der Waals surface area contributed by atoms with Crippen LogP contribution in [0.1, 0.15) is 50.8 Å². The first-order valence-electron chi connectivity index (χ1n) is 9.15. The number of thioether (sulfide) groups is 1. The fraction of sp³-hybridized carbons (Fsp3) is 0.375. The molecular formula is C24H33NS. The molecule has 0 bridgehead atoms. The van der Waals surface area contributed by atoms with Crippen LogP contribution in [0.2, 0.25) is 0 Å². The van der Waals surface area contributed by atoms with Gasteiger partial charge in [0.05, 0.1) is 5.04 Å². The fourth-order valence-electron chi connectivity index (χ4n) is 2.76. The summed E-state index contributed by atoms with van der Waals surface area (Å²) in [5.74, 6) is 1.01. The van der Waals surface area contributed by atoms with Gasteiger partial charge in [-0.2, -0.15) is 0 Å². The van der Waals surface area contributed by atoms with Gasteiger partial charge in [0.2, 0.25) is 0 Å². The summed E-state index contributed by atoms with van der Waals surface area (Å²) in [5.41, 5.74) is 8.52. The maximum atomic E-state index is 4.74. The lowest BCUT2D eigenvalue weighted by Crippen LogP contribution is -1.97. The molecule has 0 aliphatic carbocycles. The number of allylic oxidation sites excluding steroid dienone is 6. The van der Waals surface area contributed by atoms with E-state index in [4.69, 9.17) is 4.99 Å². The molecule has 0 aromatic heterocycles. The number of aryl methyl sites for hydroxylation is 2. The van der Waals surface area contributed by atoms with Crippen molar-refractivity contribution in [3.63, 3.8) is 0 Å². The van der Waals surface area contributed by atoms with Gasteiger partial charge >= 0.3 is 0 Å². The Morgan fingerprint density at radius 1 is 1.15 bits per heavy atom. The molecule has 0 heterocycles. The first-order valence-corrected chi connectivity index (χ1v) is 10.1. The summed E-state index contributed by atoms with van der Waals surface area (Å²) in [6.07, 6.45) is 6.08. The molecule has 1 rings (SSSR count). The molecule has 26 heavy (non-hydrogen) atoms. The van der Waals surface area contributed by atoms with Gasteiger partial charge in [0.25, 0.3) is 0 Å². The van der Waals surface area contributed by atoms with Crippen molar-refractivity contribution in [3.05, 3.63) is 82.6 Å². The van der Waals surface area contributed by atoms with E-state index in [1.54, 1.807) is 11.8 Å². The van der Waals surface area contributed by atoms with Crippen molar-refractivity contribution in [3.8, 4) is 0 Å². The summed E-state index contributed by atoms with van der Waals surface area (Å²) in [7, 11) is 0. The molecule has 1 aromatic carbocycles. The molecular weight excluding hydrogens is 334 g/mol. The van der Waals surface area contributed by atoms with E-state index in [0.29, 0.717) is 0 Å². The van der Waals surface area contributed by atoms with E-state index in [9.17, 15) is 0 Å². The van der Waals surface area contributed by atoms with Crippen molar-refractivity contribution in [1.29, 1.82) is 0 Å². The van der Waals surface area contributed by atoms with Crippen molar-refractivity contribution >= 4 is 16.8 Å². The van der Waals surface area contributed by atoms with Gasteiger partial charge in [-0.3, -0.25) is 4.99 Å². The van der Waals surface area contributed by atoms with E-state index in [2.05, 4.69) is 58.2 Å². The van der Waals surface area contributed by atoms with Crippen LogP contribution >= 0.6 is 11.8 Å². The van der Waals surface area contributed by atoms with Gasteiger partial charge < -0.3 is 0 Å². The first kappa shape index (κ1) is 22.2. The Hall–Kier alpha value is -1.80. The van der Waals surface area contributed by atoms with Gasteiger partial charge in [0.15, 0.2) is 0 Å². The average Bonchev–Trinajstić information content (AvgIpc) is 2.55. The summed E-state index contributed by atoms with van der Waals surface area (Å²) in [5, 5.41) is 1.09. The Labute approximate surface area is 164 Å². The quantitative estimate of drug-likeness (QED) is 0.202. The molecule has 0 atom stereocenters. The third-order valence-electron chi connectivity index (χ3n) is 4.22. The third kappa shape index (κ3) is 7.61. The standard InChI is InChI=1S/C24H33NS/c1-9-10-24(17(2)3)21(7)25-22(8)26-14-13-19(5)16-23-15-18(4)11-12-20(23)6/h9-12,15H,2,5,13-14,16H2,1,3-4,6-8H3/b10-9-,24-21-,25-22?. The molecule has 2 heteroatoms. The fourth-order valence-corrected chi connectivity index (χ4v) is 3.65. The summed E-state index contributed by atoms with van der Waals surface area (Å²) >= 11 is 1.80. The van der Waals surface area contributed by atoms with E-state index in [-0.39, 0.29) is 0 Å². The molecule has 1 aromatic rings. The molecule has 0 saturated carbocycles. The highest BCUT2D eigenvalue weighted by atomic mass is 32.2. The minimum atomic E-state index is 0.963. The van der Waals surface area contributed by atoms with Gasteiger partial charge in [-0.05, 0) is 76.7 Å². The van der Waals surface area contributed by atoms with Crippen LogP contribution in [0, 0.1) is 13.8 Å². The van der Waals surface area contributed by atoms with Gasteiger partial charge in [-0.1, -0.05) is 54.6 Å². The van der Waals surface area contributed by atoms with E-state index in [1.807, 2.05) is 26.8 Å². The van der Waals surface area contributed by atoms with Crippen LogP contribution in [0.5, 0.6) is 0 Å². The molecule has 0 aliphatic heterocycles. The number of aliphatic imine (C=N–C) groups is 1. The number of benzene rings is 1. The lowest BCUT2D eigenvalue weighted by molar-refractivity contribution is 1.01. The van der Waals surface area contributed by atoms with Crippen LogP contribution in [0.3, 0.4) is 0 Å². The van der Waals surface area contributed by atoms with Crippen molar-refractivity contribution in [2.24, 2.45) is 4.99 Å². The summed E-state index contributed by atoms with van der Waals surface area (Å²) < 4.78 is 0. The minimum absolute atomic E-state index is 0.963. The summed E-state index contributed by atoms with van der Waals surface area (Å²) in [6, 6.07) is 6.64. The second kappa shape index (κ2) is 11.0. The van der Waals surface area contributed by atoms with Gasteiger partial charge in [0, 0.05) is 11.4 Å². The maximum Gasteiger partial charge on any atom is 0.0703 e. The monoisotopic (exact) mass is 367 g/mol. The van der Waals surface area contributed by atoms with E-state index in [1.165, 1.54) is 22.3 Å². The van der Waals surface area contributed by atoms with Crippen molar-refractivity contribution in [2.45, 2.75) is 54.4 Å². The topological polar surface area (TPSA) is 12.4 Å². The smallest absolute Gasteiger partial charge is 0.0703 e. The number of hydrogen-bond acceptors (Lipinski definition) is 2. The molecule has 0 unspecified atom stereocenters. The normalized spacial score (nSPS) is 13.1. The Morgan fingerprint density at radius 2 is 1.85 bits per heavy atom. The second-order valence-electron chi connectivity index (χ2n) is 6.87. The van der Waals surface area contributed by atoms with Gasteiger partial charge in [-0.25, -0.2) is 0 Å². The Bertz CT molecular complexity index is 747. The van der Waals surface area contributed by atoms with Crippen molar-refractivity contribution < 1.29 is 0 Å². The van der Waals surface area contributed by atoms with Crippen LogP contribution in [0.25, 0.3) is 0 Å². The van der Waals surface area contributed by atoms with E-state index >= 15 is 0 Å². The largest absolute Gasteiger partial charge is 0.251 e. The number of hydrogen-bond donors (Lipinski definition) is 0. The molecule has 140 valence electrons. The van der Waals surface area contributed by atoms with Gasteiger partial charge in [-0.15, -0.1) is 11.8 Å². The molecule has 0 spiro atoms. The molecule has 0 amide bonds. The molecule has 0 saturated heterocycles. The summed E-state index contributed by atoms with van der Waals surface area (Å²) in [4.78, 5) is 4.74. The average molecular weight is 368 g/mol. The van der Waals surface area contributed by atoms with Crippen LogP contribution in [0.4, 0.5) is 0 Å². The number of nitrogens with zero attached hydrogens (tertiary/aromatic N) is 1. The Kier molecular flexibility index (Phi) is 9.43. The SMILES string of the molecule is C=C(CCSC(C)=N/C(C)=C(/C=C\C)C(=C)C)Cc1cc(C)ccc1C. The molecule has 0 N–H and O–H groups in total. The Balaban J connectivity index is 2.61. The zero-order valence-electron chi connectivity index (χ0n) is 17.3. The minimum Gasteiger partial charge on any atom is -0.251 e. The van der Waals surface area contributed by atoms with Crippen LogP contribution in [-0.4, -0.2) is 10.8 Å². The maximum absolute atomic E-state index is 4.74. The van der Waals surface area contributed by atoms with Crippen LogP contribution in [0.15, 0.2) is 70.9 Å². The highest BCUT2D eigenvalue weighted by Gasteiger charge is 2.04. The predicted octanol–water partition coefficient (Wildman–Crippen LogP) is 7.37. The van der Waals surface area contributed by atoms with E-state index < -0.39 is 0 Å². The second-order valence-corrected chi connectivity index (χ2v) is 8.15. The third-order valence-corrected chi connectivity index (χ3v) is 5.14. The van der Waals surface area contributed by atoms with Crippen molar-refractivity contribution in [1.82, 2.24) is 0 Å². The Morgan fingerprint density at radius 3 is 2.46 bits per heavy atom.